The maximum Gasteiger partial charge on any atom is 0.263 e. The Hall–Kier alpha value is -1.36. The number of carbonyl (C=O) groups is 1. The number of hydrogen-bond donors (Lipinski definition) is 0. The van der Waals surface area contributed by atoms with Gasteiger partial charge >= 0.3 is 0 Å². The number of thiophene rings is 1. The molecular formula is C18H21ClN2OS. The smallest absolute Gasteiger partial charge is 0.263 e. The number of hydrogen-bond acceptors (Lipinski definition) is 3. The maximum absolute atomic E-state index is 12.6. The van der Waals surface area contributed by atoms with Crippen LogP contribution in [0, 0.1) is 6.92 Å². The van der Waals surface area contributed by atoms with Crippen LogP contribution in [0.1, 0.15) is 26.5 Å². The number of amides is 1. The number of nitrogens with zero attached hydrogens (tertiary/aromatic N) is 2. The minimum Gasteiger partial charge on any atom is -0.337 e. The quantitative estimate of drug-likeness (QED) is 0.835. The summed E-state index contributed by atoms with van der Waals surface area (Å²) in [6.45, 7) is 6.53. The third kappa shape index (κ3) is 4.34. The first kappa shape index (κ1) is 16.5. The lowest BCUT2D eigenvalue weighted by Gasteiger charge is -2.21. The minimum atomic E-state index is 0.177. The first-order valence-corrected chi connectivity index (χ1v) is 9.14. The Balaban J connectivity index is 1.58. The molecule has 0 aliphatic carbocycles. The first-order valence-electron chi connectivity index (χ1n) is 7.94. The maximum atomic E-state index is 12.6. The molecule has 0 atom stereocenters. The summed E-state index contributed by atoms with van der Waals surface area (Å²) in [4.78, 5) is 19.0. The van der Waals surface area contributed by atoms with Crippen LogP contribution in [0.2, 0.25) is 5.02 Å². The van der Waals surface area contributed by atoms with Crippen molar-refractivity contribution in [3.05, 3.63) is 56.7 Å². The molecule has 0 bridgehead atoms. The fourth-order valence-corrected chi connectivity index (χ4v) is 3.85. The van der Waals surface area contributed by atoms with E-state index in [1.165, 1.54) is 10.4 Å². The Morgan fingerprint density at radius 2 is 1.87 bits per heavy atom. The summed E-state index contributed by atoms with van der Waals surface area (Å²) >= 11 is 7.52. The van der Waals surface area contributed by atoms with Gasteiger partial charge in [0.2, 0.25) is 0 Å². The second kappa shape index (κ2) is 7.47. The topological polar surface area (TPSA) is 23.6 Å². The Morgan fingerprint density at radius 3 is 2.57 bits per heavy atom. The van der Waals surface area contributed by atoms with Gasteiger partial charge in [0.25, 0.3) is 5.91 Å². The second-order valence-electron chi connectivity index (χ2n) is 5.96. The van der Waals surface area contributed by atoms with E-state index in [1.54, 1.807) is 11.3 Å². The van der Waals surface area contributed by atoms with E-state index < -0.39 is 0 Å². The lowest BCUT2D eigenvalue weighted by atomic mass is 10.2. The lowest BCUT2D eigenvalue weighted by Crippen LogP contribution is -2.34. The van der Waals surface area contributed by atoms with Gasteiger partial charge in [-0.3, -0.25) is 9.69 Å². The van der Waals surface area contributed by atoms with E-state index in [4.69, 9.17) is 11.6 Å². The monoisotopic (exact) mass is 348 g/mol. The van der Waals surface area contributed by atoms with Gasteiger partial charge < -0.3 is 4.90 Å². The molecule has 3 nitrogen and oxygen atoms in total. The molecule has 1 aliphatic heterocycles. The van der Waals surface area contributed by atoms with Crippen molar-refractivity contribution < 1.29 is 4.79 Å². The van der Waals surface area contributed by atoms with E-state index in [0.717, 1.165) is 49.0 Å². The van der Waals surface area contributed by atoms with Crippen molar-refractivity contribution in [1.29, 1.82) is 0 Å². The van der Waals surface area contributed by atoms with E-state index in [-0.39, 0.29) is 5.91 Å². The molecule has 2 aromatic rings. The van der Waals surface area contributed by atoms with Gasteiger partial charge in [-0.05, 0) is 43.2 Å². The predicted octanol–water partition coefficient (Wildman–Crippen LogP) is 4.06. The molecule has 23 heavy (non-hydrogen) atoms. The van der Waals surface area contributed by atoms with Crippen LogP contribution in [0.25, 0.3) is 0 Å². The van der Waals surface area contributed by atoms with Gasteiger partial charge in [-0.25, -0.2) is 0 Å². The molecule has 1 aliphatic rings. The molecule has 1 amide bonds. The Kier molecular flexibility index (Phi) is 5.36. The van der Waals surface area contributed by atoms with Gasteiger partial charge in [-0.1, -0.05) is 23.7 Å². The van der Waals surface area contributed by atoms with Crippen molar-refractivity contribution in [1.82, 2.24) is 9.80 Å². The standard InChI is InChI=1S/C18H21ClN2OS/c1-14-3-8-17(23-14)18(22)21-10-2-9-20(11-12-21)13-15-4-6-16(19)7-5-15/h3-8H,2,9-13H2,1H3. The van der Waals surface area contributed by atoms with Crippen LogP contribution in [0.15, 0.2) is 36.4 Å². The molecule has 0 radical (unpaired) electrons. The highest BCUT2D eigenvalue weighted by atomic mass is 35.5. The molecule has 5 heteroatoms. The third-order valence-corrected chi connectivity index (χ3v) is 5.39. The predicted molar refractivity (Wildman–Crippen MR) is 96.3 cm³/mol. The molecular weight excluding hydrogens is 328 g/mol. The highest BCUT2D eigenvalue weighted by Crippen LogP contribution is 2.19. The molecule has 1 aromatic carbocycles. The van der Waals surface area contributed by atoms with E-state index in [1.807, 2.05) is 36.1 Å². The molecule has 0 N–H and O–H groups in total. The van der Waals surface area contributed by atoms with Gasteiger partial charge in [0, 0.05) is 42.6 Å². The van der Waals surface area contributed by atoms with Crippen LogP contribution in [0.4, 0.5) is 0 Å². The van der Waals surface area contributed by atoms with E-state index in [9.17, 15) is 4.79 Å². The van der Waals surface area contributed by atoms with Crippen molar-refractivity contribution in [3.63, 3.8) is 0 Å². The zero-order chi connectivity index (χ0) is 16.2. The molecule has 3 rings (SSSR count). The summed E-state index contributed by atoms with van der Waals surface area (Å²) < 4.78 is 0. The van der Waals surface area contributed by atoms with Crippen LogP contribution < -0.4 is 0 Å². The van der Waals surface area contributed by atoms with Gasteiger partial charge in [-0.2, -0.15) is 0 Å². The number of carbonyl (C=O) groups excluding carboxylic acids is 1. The van der Waals surface area contributed by atoms with Crippen molar-refractivity contribution in [2.24, 2.45) is 0 Å². The fourth-order valence-electron chi connectivity index (χ4n) is 2.89. The highest BCUT2D eigenvalue weighted by Gasteiger charge is 2.21. The van der Waals surface area contributed by atoms with Crippen LogP contribution in [-0.2, 0) is 6.54 Å². The molecule has 0 unspecified atom stereocenters. The minimum absolute atomic E-state index is 0.177. The van der Waals surface area contributed by atoms with E-state index >= 15 is 0 Å². The first-order chi connectivity index (χ1) is 11.1. The average Bonchev–Trinajstić information content (AvgIpc) is 2.84. The second-order valence-corrected chi connectivity index (χ2v) is 7.68. The molecule has 1 saturated heterocycles. The summed E-state index contributed by atoms with van der Waals surface area (Å²) in [6.07, 6.45) is 1.02. The molecule has 0 saturated carbocycles. The largest absolute Gasteiger partial charge is 0.337 e. The Labute approximate surface area is 146 Å². The fraction of sp³-hybridized carbons (Fsp3) is 0.389. The summed E-state index contributed by atoms with van der Waals surface area (Å²) in [6, 6.07) is 12.0. The van der Waals surface area contributed by atoms with E-state index in [0.29, 0.717) is 0 Å². The van der Waals surface area contributed by atoms with Gasteiger partial charge in [-0.15, -0.1) is 11.3 Å². The van der Waals surface area contributed by atoms with Crippen LogP contribution in [0.3, 0.4) is 0 Å². The summed E-state index contributed by atoms with van der Waals surface area (Å²) in [5, 5.41) is 0.771. The molecule has 0 spiro atoms. The van der Waals surface area contributed by atoms with E-state index in [2.05, 4.69) is 17.0 Å². The number of benzene rings is 1. The van der Waals surface area contributed by atoms with Crippen molar-refractivity contribution >= 4 is 28.8 Å². The van der Waals surface area contributed by atoms with Crippen LogP contribution in [0.5, 0.6) is 0 Å². The summed E-state index contributed by atoms with van der Waals surface area (Å²) in [7, 11) is 0. The van der Waals surface area contributed by atoms with Gasteiger partial charge in [0.1, 0.15) is 0 Å². The Bertz CT molecular complexity index is 668. The molecule has 1 fully saturated rings. The molecule has 1 aromatic heterocycles. The number of halogens is 1. The van der Waals surface area contributed by atoms with Crippen LogP contribution in [-0.4, -0.2) is 41.9 Å². The SMILES string of the molecule is Cc1ccc(C(=O)N2CCCN(Cc3ccc(Cl)cc3)CC2)s1. The normalized spacial score (nSPS) is 16.3. The summed E-state index contributed by atoms with van der Waals surface area (Å²) in [5.41, 5.74) is 1.27. The average molecular weight is 349 g/mol. The zero-order valence-electron chi connectivity index (χ0n) is 13.3. The molecule has 122 valence electrons. The number of aryl methyl sites for hydroxylation is 1. The lowest BCUT2D eigenvalue weighted by molar-refractivity contribution is 0.0766. The van der Waals surface area contributed by atoms with Gasteiger partial charge in [0.15, 0.2) is 0 Å². The third-order valence-electron chi connectivity index (χ3n) is 4.15. The van der Waals surface area contributed by atoms with Crippen LogP contribution >= 0.6 is 22.9 Å². The van der Waals surface area contributed by atoms with Crippen molar-refractivity contribution in [3.8, 4) is 0 Å². The summed E-state index contributed by atoms with van der Waals surface area (Å²) in [5.74, 6) is 0.177. The van der Waals surface area contributed by atoms with Crippen molar-refractivity contribution in [2.75, 3.05) is 26.2 Å². The molecule has 2 heterocycles. The zero-order valence-corrected chi connectivity index (χ0v) is 14.9. The van der Waals surface area contributed by atoms with Gasteiger partial charge in [0.05, 0.1) is 4.88 Å². The van der Waals surface area contributed by atoms with Crippen molar-refractivity contribution in [2.45, 2.75) is 19.9 Å². The highest BCUT2D eigenvalue weighted by molar-refractivity contribution is 7.13. The Morgan fingerprint density at radius 1 is 1.09 bits per heavy atom. The number of rotatable bonds is 3.